The van der Waals surface area contributed by atoms with Gasteiger partial charge in [0.05, 0.1) is 18.4 Å². The Labute approximate surface area is 96.3 Å². The Morgan fingerprint density at radius 2 is 2.44 bits per heavy atom. The zero-order chi connectivity index (χ0) is 11.7. The van der Waals surface area contributed by atoms with E-state index in [-0.39, 0.29) is 11.6 Å². The van der Waals surface area contributed by atoms with Gasteiger partial charge in [-0.05, 0) is 12.1 Å². The third-order valence-corrected chi connectivity index (χ3v) is 2.53. The molecule has 2 aromatic heterocycles. The van der Waals surface area contributed by atoms with Crippen LogP contribution in [0.25, 0.3) is 11.6 Å². The molecule has 2 rings (SSSR count). The summed E-state index contributed by atoms with van der Waals surface area (Å²) in [5.74, 6) is 0.128. The van der Waals surface area contributed by atoms with E-state index in [4.69, 9.17) is 21.1 Å². The number of halogens is 1. The third-order valence-electron chi connectivity index (χ3n) is 2.23. The zero-order valence-electron chi connectivity index (χ0n) is 8.48. The number of furan rings is 1. The summed E-state index contributed by atoms with van der Waals surface area (Å²) in [5.41, 5.74) is 0.459. The van der Waals surface area contributed by atoms with Gasteiger partial charge < -0.3 is 14.1 Å². The van der Waals surface area contributed by atoms with Gasteiger partial charge in [0.1, 0.15) is 0 Å². The van der Waals surface area contributed by atoms with Gasteiger partial charge in [-0.1, -0.05) is 11.6 Å². The number of carboxylic acids is 1. The van der Waals surface area contributed by atoms with Crippen molar-refractivity contribution in [2.75, 3.05) is 0 Å². The highest BCUT2D eigenvalue weighted by atomic mass is 35.5. The molecule has 5 nitrogen and oxygen atoms in total. The fourth-order valence-electron chi connectivity index (χ4n) is 1.46. The number of hydrogen-bond donors (Lipinski definition) is 1. The maximum atomic E-state index is 10.6. The van der Waals surface area contributed by atoms with Crippen LogP contribution in [0.2, 0.25) is 5.15 Å². The monoisotopic (exact) mass is 240 g/mol. The van der Waals surface area contributed by atoms with Crippen LogP contribution in [0.4, 0.5) is 0 Å². The molecule has 0 atom stereocenters. The van der Waals surface area contributed by atoms with Crippen LogP contribution < -0.4 is 0 Å². The lowest BCUT2D eigenvalue weighted by atomic mass is 10.3. The molecule has 0 fully saturated rings. The first-order valence-corrected chi connectivity index (χ1v) is 4.94. The van der Waals surface area contributed by atoms with Gasteiger partial charge in [-0.25, -0.2) is 4.98 Å². The molecule has 0 amide bonds. The highest BCUT2D eigenvalue weighted by Crippen LogP contribution is 2.25. The topological polar surface area (TPSA) is 68.3 Å². The highest BCUT2D eigenvalue weighted by molar-refractivity contribution is 6.30. The number of aromatic nitrogens is 2. The molecule has 0 radical (unpaired) electrons. The number of hydrogen-bond acceptors (Lipinski definition) is 3. The van der Waals surface area contributed by atoms with Crippen LogP contribution in [0.15, 0.2) is 22.8 Å². The van der Waals surface area contributed by atoms with Gasteiger partial charge in [0.15, 0.2) is 16.7 Å². The summed E-state index contributed by atoms with van der Waals surface area (Å²) in [5, 5.41) is 8.92. The first-order chi connectivity index (χ1) is 7.59. The van der Waals surface area contributed by atoms with Crippen molar-refractivity contribution in [2.24, 2.45) is 7.05 Å². The molecule has 0 spiro atoms. The average molecular weight is 241 g/mol. The molecule has 1 N–H and O–H groups in total. The Hall–Kier alpha value is -1.75. The first-order valence-electron chi connectivity index (χ1n) is 4.56. The van der Waals surface area contributed by atoms with E-state index in [0.717, 1.165) is 0 Å². The van der Waals surface area contributed by atoms with Crippen LogP contribution >= 0.6 is 11.6 Å². The van der Waals surface area contributed by atoms with E-state index in [1.807, 2.05) is 0 Å². The molecule has 0 aliphatic rings. The van der Waals surface area contributed by atoms with E-state index in [0.29, 0.717) is 17.3 Å². The molecule has 84 valence electrons. The summed E-state index contributed by atoms with van der Waals surface area (Å²) in [4.78, 5) is 14.7. The number of carbonyl (C=O) groups is 1. The Morgan fingerprint density at radius 1 is 1.69 bits per heavy atom. The largest absolute Gasteiger partial charge is 0.481 e. The summed E-state index contributed by atoms with van der Waals surface area (Å²) < 4.78 is 6.80. The molecular formula is C10H9ClN2O3. The summed E-state index contributed by atoms with van der Waals surface area (Å²) >= 11 is 5.87. The molecular weight excluding hydrogens is 232 g/mol. The van der Waals surface area contributed by atoms with Crippen molar-refractivity contribution in [2.45, 2.75) is 6.42 Å². The number of rotatable bonds is 3. The van der Waals surface area contributed by atoms with Crippen LogP contribution in [-0.2, 0) is 18.3 Å². The molecule has 0 aliphatic carbocycles. The second kappa shape index (κ2) is 4.02. The van der Waals surface area contributed by atoms with E-state index in [9.17, 15) is 4.79 Å². The lowest BCUT2D eigenvalue weighted by Gasteiger charge is -2.01. The van der Waals surface area contributed by atoms with Crippen LogP contribution in [0, 0.1) is 0 Å². The molecule has 0 aromatic carbocycles. The van der Waals surface area contributed by atoms with E-state index < -0.39 is 5.97 Å². The SMILES string of the molecule is Cn1c(-c2ccco2)nc(Cl)c1CC(=O)O. The maximum Gasteiger partial charge on any atom is 0.309 e. The molecule has 2 aromatic rings. The summed E-state index contributed by atoms with van der Waals surface area (Å²) in [6, 6.07) is 3.47. The molecule has 0 saturated heterocycles. The van der Waals surface area contributed by atoms with Crippen LogP contribution in [0.1, 0.15) is 5.69 Å². The number of nitrogens with zero attached hydrogens (tertiary/aromatic N) is 2. The maximum absolute atomic E-state index is 10.6. The van der Waals surface area contributed by atoms with Crippen molar-refractivity contribution in [1.29, 1.82) is 0 Å². The Balaban J connectivity index is 2.46. The zero-order valence-corrected chi connectivity index (χ0v) is 9.23. The van der Waals surface area contributed by atoms with Crippen LogP contribution in [0.5, 0.6) is 0 Å². The third kappa shape index (κ3) is 1.81. The molecule has 2 heterocycles. The molecule has 0 saturated carbocycles. The average Bonchev–Trinajstić information content (AvgIpc) is 2.80. The summed E-state index contributed by atoms with van der Waals surface area (Å²) in [6.07, 6.45) is 1.36. The lowest BCUT2D eigenvalue weighted by Crippen LogP contribution is -2.06. The second-order valence-corrected chi connectivity index (χ2v) is 3.64. The van der Waals surface area contributed by atoms with Gasteiger partial charge in [0, 0.05) is 7.05 Å². The fraction of sp³-hybridized carbons (Fsp3) is 0.200. The van der Waals surface area contributed by atoms with E-state index >= 15 is 0 Å². The second-order valence-electron chi connectivity index (χ2n) is 3.28. The minimum Gasteiger partial charge on any atom is -0.481 e. The van der Waals surface area contributed by atoms with E-state index in [2.05, 4.69) is 4.98 Å². The van der Waals surface area contributed by atoms with Gasteiger partial charge in [-0.15, -0.1) is 0 Å². The standard InChI is InChI=1S/C10H9ClN2O3/c1-13-6(5-8(14)15)9(11)12-10(13)7-3-2-4-16-7/h2-4H,5H2,1H3,(H,14,15). The smallest absolute Gasteiger partial charge is 0.309 e. The molecule has 0 bridgehead atoms. The predicted octanol–water partition coefficient (Wildman–Crippen LogP) is 1.96. The lowest BCUT2D eigenvalue weighted by molar-refractivity contribution is -0.136. The quantitative estimate of drug-likeness (QED) is 0.891. The number of aliphatic carboxylic acids is 1. The van der Waals surface area contributed by atoms with E-state index in [1.165, 1.54) is 6.26 Å². The van der Waals surface area contributed by atoms with Gasteiger partial charge in [0.25, 0.3) is 0 Å². The van der Waals surface area contributed by atoms with Gasteiger partial charge in [-0.3, -0.25) is 4.79 Å². The predicted molar refractivity (Wildman–Crippen MR) is 57.3 cm³/mol. The van der Waals surface area contributed by atoms with Crippen molar-refractivity contribution in [3.8, 4) is 11.6 Å². The van der Waals surface area contributed by atoms with Gasteiger partial charge in [0.2, 0.25) is 0 Å². The number of carboxylic acid groups (broad SMARTS) is 1. The van der Waals surface area contributed by atoms with Gasteiger partial charge in [-0.2, -0.15) is 0 Å². The highest BCUT2D eigenvalue weighted by Gasteiger charge is 2.17. The summed E-state index contributed by atoms with van der Waals surface area (Å²) in [7, 11) is 1.70. The van der Waals surface area contributed by atoms with Crippen molar-refractivity contribution in [3.63, 3.8) is 0 Å². The Bertz CT molecular complexity index is 516. The fourth-order valence-corrected chi connectivity index (χ4v) is 1.73. The van der Waals surface area contributed by atoms with Crippen molar-refractivity contribution >= 4 is 17.6 Å². The molecule has 0 aliphatic heterocycles. The van der Waals surface area contributed by atoms with Crippen LogP contribution in [-0.4, -0.2) is 20.6 Å². The minimum atomic E-state index is -0.948. The normalized spacial score (nSPS) is 10.6. The summed E-state index contributed by atoms with van der Waals surface area (Å²) in [6.45, 7) is 0. The minimum absolute atomic E-state index is 0.164. The molecule has 0 unspecified atom stereocenters. The number of imidazole rings is 1. The van der Waals surface area contributed by atoms with Gasteiger partial charge >= 0.3 is 5.97 Å². The molecule has 6 heteroatoms. The van der Waals surface area contributed by atoms with Crippen molar-refractivity contribution in [1.82, 2.24) is 9.55 Å². The van der Waals surface area contributed by atoms with Crippen molar-refractivity contribution < 1.29 is 14.3 Å². The Kier molecular flexibility index (Phi) is 2.70. The first kappa shape index (κ1) is 10.8. The van der Waals surface area contributed by atoms with Crippen molar-refractivity contribution in [3.05, 3.63) is 29.2 Å². The van der Waals surface area contributed by atoms with E-state index in [1.54, 1.807) is 23.7 Å². The molecule has 16 heavy (non-hydrogen) atoms. The van der Waals surface area contributed by atoms with Crippen LogP contribution in [0.3, 0.4) is 0 Å². The Morgan fingerprint density at radius 3 is 3.00 bits per heavy atom.